The van der Waals surface area contributed by atoms with E-state index in [2.05, 4.69) is 48.8 Å². The zero-order chi connectivity index (χ0) is 20.5. The fourth-order valence-electron chi connectivity index (χ4n) is 4.21. The van der Waals surface area contributed by atoms with E-state index < -0.39 is 0 Å². The Morgan fingerprint density at radius 2 is 0.893 bits per heavy atom. The minimum atomic E-state index is 0.971. The van der Waals surface area contributed by atoms with Gasteiger partial charge in [-0.15, -0.1) is 0 Å². The van der Waals surface area contributed by atoms with Crippen LogP contribution in [0.4, 0.5) is 0 Å². The summed E-state index contributed by atoms with van der Waals surface area (Å²) in [5.74, 6) is 0. The van der Waals surface area contributed by atoms with Crippen LogP contribution in [0.2, 0.25) is 0 Å². The number of hydrogen-bond donors (Lipinski definition) is 0. The molecule has 28 heavy (non-hydrogen) atoms. The van der Waals surface area contributed by atoms with Gasteiger partial charge in [0.1, 0.15) is 0 Å². The Labute approximate surface area is 185 Å². The van der Waals surface area contributed by atoms with Crippen molar-refractivity contribution in [3.05, 3.63) is 34.4 Å². The molecular weight excluding hydrogens is 404 g/mol. The Balaban J connectivity index is 1.89. The topological polar surface area (TPSA) is 0 Å². The molecule has 0 amide bonds. The van der Waals surface area contributed by atoms with E-state index in [1.54, 1.807) is 5.56 Å². The monoisotopic (exact) mass is 450 g/mol. The second-order valence-corrected chi connectivity index (χ2v) is 9.38. The molecule has 0 nitrogen and oxygen atoms in total. The second kappa shape index (κ2) is 17.5. The van der Waals surface area contributed by atoms with E-state index in [4.69, 9.17) is 0 Å². The van der Waals surface area contributed by atoms with E-state index >= 15 is 0 Å². The second-order valence-electron chi connectivity index (χ2n) is 8.82. The number of unbranched alkanes of at least 4 members (excludes halogenated alkanes) is 15. The first-order valence-corrected chi connectivity index (χ1v) is 13.5. The largest absolute Gasteiger partial charge is 0.0876 e. The summed E-state index contributed by atoms with van der Waals surface area (Å²) in [5, 5.41) is 0.971. The van der Waals surface area contributed by atoms with Gasteiger partial charge in [-0.2, -0.15) is 0 Å². The van der Waals surface area contributed by atoms with Crippen LogP contribution in [0.15, 0.2) is 12.1 Å². The lowest BCUT2D eigenvalue weighted by molar-refractivity contribution is 0.529. The van der Waals surface area contributed by atoms with Crippen LogP contribution in [-0.2, 0) is 11.8 Å². The molecule has 0 N–H and O–H groups in total. The summed E-state index contributed by atoms with van der Waals surface area (Å²) in [7, 11) is 0. The van der Waals surface area contributed by atoms with E-state index in [1.165, 1.54) is 126 Å². The van der Waals surface area contributed by atoms with Crippen molar-refractivity contribution in [1.29, 1.82) is 0 Å². The SMILES string of the molecule is CCCCCCCCCCCCCCCCCCc1ccc(CBr)c(C)c1C. The third-order valence-electron chi connectivity index (χ3n) is 6.46. The molecule has 0 aliphatic carbocycles. The molecule has 0 radical (unpaired) electrons. The van der Waals surface area contributed by atoms with Crippen LogP contribution in [-0.4, -0.2) is 0 Å². The average molecular weight is 452 g/mol. The molecule has 162 valence electrons. The number of halogens is 1. The van der Waals surface area contributed by atoms with Crippen LogP contribution in [0.1, 0.15) is 132 Å². The van der Waals surface area contributed by atoms with E-state index in [1.807, 2.05) is 0 Å². The third-order valence-corrected chi connectivity index (χ3v) is 7.06. The molecule has 0 heterocycles. The number of aryl methyl sites for hydroxylation is 1. The average Bonchev–Trinajstić information content (AvgIpc) is 2.70. The van der Waals surface area contributed by atoms with Gasteiger partial charge in [-0.1, -0.05) is 131 Å². The third kappa shape index (κ3) is 11.6. The maximum absolute atomic E-state index is 3.59. The van der Waals surface area contributed by atoms with Gasteiger partial charge in [-0.25, -0.2) is 0 Å². The Kier molecular flexibility index (Phi) is 16.1. The van der Waals surface area contributed by atoms with E-state index in [0.717, 1.165) is 5.33 Å². The summed E-state index contributed by atoms with van der Waals surface area (Å²) < 4.78 is 0. The molecule has 1 aromatic carbocycles. The molecule has 0 saturated heterocycles. The predicted molar refractivity (Wildman–Crippen MR) is 132 cm³/mol. The molecule has 0 unspecified atom stereocenters. The Bertz CT molecular complexity index is 491. The zero-order valence-corrected chi connectivity index (χ0v) is 20.8. The van der Waals surface area contributed by atoms with Gasteiger partial charge in [-0.05, 0) is 48.9 Å². The number of hydrogen-bond acceptors (Lipinski definition) is 0. The maximum Gasteiger partial charge on any atom is 0.0285 e. The van der Waals surface area contributed by atoms with Crippen LogP contribution in [0.3, 0.4) is 0 Å². The summed E-state index contributed by atoms with van der Waals surface area (Å²) >= 11 is 3.59. The predicted octanol–water partition coefficient (Wildman–Crippen LogP) is 10.0. The molecule has 0 spiro atoms. The first kappa shape index (κ1) is 25.7. The zero-order valence-electron chi connectivity index (χ0n) is 19.3. The van der Waals surface area contributed by atoms with Crippen molar-refractivity contribution < 1.29 is 0 Å². The lowest BCUT2D eigenvalue weighted by Gasteiger charge is -2.12. The lowest BCUT2D eigenvalue weighted by atomic mass is 9.95. The van der Waals surface area contributed by atoms with E-state index in [9.17, 15) is 0 Å². The Hall–Kier alpha value is -0.300. The van der Waals surface area contributed by atoms with Crippen LogP contribution in [0.25, 0.3) is 0 Å². The van der Waals surface area contributed by atoms with Gasteiger partial charge in [0.15, 0.2) is 0 Å². The van der Waals surface area contributed by atoms with E-state index in [-0.39, 0.29) is 0 Å². The summed E-state index contributed by atoms with van der Waals surface area (Å²) in [6.07, 6.45) is 24.3. The highest BCUT2D eigenvalue weighted by Gasteiger charge is 2.05. The summed E-state index contributed by atoms with van der Waals surface area (Å²) in [6, 6.07) is 4.66. The normalized spacial score (nSPS) is 11.3. The first-order valence-electron chi connectivity index (χ1n) is 12.3. The van der Waals surface area contributed by atoms with Crippen molar-refractivity contribution in [2.75, 3.05) is 0 Å². The van der Waals surface area contributed by atoms with Gasteiger partial charge in [0.05, 0.1) is 0 Å². The van der Waals surface area contributed by atoms with Crippen LogP contribution in [0, 0.1) is 13.8 Å². The van der Waals surface area contributed by atoms with Crippen LogP contribution < -0.4 is 0 Å². The van der Waals surface area contributed by atoms with E-state index in [0.29, 0.717) is 0 Å². The van der Waals surface area contributed by atoms with Crippen LogP contribution >= 0.6 is 15.9 Å². The van der Waals surface area contributed by atoms with Gasteiger partial charge in [0, 0.05) is 5.33 Å². The number of alkyl halides is 1. The van der Waals surface area contributed by atoms with Gasteiger partial charge in [0.25, 0.3) is 0 Å². The first-order chi connectivity index (χ1) is 13.7. The minimum absolute atomic E-state index is 0.971. The highest BCUT2D eigenvalue weighted by Crippen LogP contribution is 2.22. The summed E-state index contributed by atoms with van der Waals surface area (Å²) in [4.78, 5) is 0. The fourth-order valence-corrected chi connectivity index (χ4v) is 4.82. The molecule has 0 fully saturated rings. The van der Waals surface area contributed by atoms with Gasteiger partial charge in [-0.3, -0.25) is 0 Å². The van der Waals surface area contributed by atoms with Gasteiger partial charge < -0.3 is 0 Å². The summed E-state index contributed by atoms with van der Waals surface area (Å²) in [5.41, 5.74) is 5.99. The molecule has 1 heteroatoms. The molecule has 0 aliphatic heterocycles. The maximum atomic E-state index is 3.59. The van der Waals surface area contributed by atoms with Gasteiger partial charge >= 0.3 is 0 Å². The molecule has 0 bridgehead atoms. The Morgan fingerprint density at radius 1 is 0.536 bits per heavy atom. The number of benzene rings is 1. The highest BCUT2D eigenvalue weighted by atomic mass is 79.9. The molecule has 0 aliphatic rings. The molecule has 0 aromatic heterocycles. The smallest absolute Gasteiger partial charge is 0.0285 e. The lowest BCUT2D eigenvalue weighted by Crippen LogP contribution is -1.96. The van der Waals surface area contributed by atoms with Crippen LogP contribution in [0.5, 0.6) is 0 Å². The quantitative estimate of drug-likeness (QED) is 0.154. The number of rotatable bonds is 18. The summed E-state index contributed by atoms with van der Waals surface area (Å²) in [6.45, 7) is 6.86. The Morgan fingerprint density at radius 3 is 1.32 bits per heavy atom. The molecular formula is C27H47Br. The molecule has 1 aromatic rings. The van der Waals surface area contributed by atoms with Crippen molar-refractivity contribution in [3.63, 3.8) is 0 Å². The van der Waals surface area contributed by atoms with Crippen molar-refractivity contribution in [1.82, 2.24) is 0 Å². The van der Waals surface area contributed by atoms with Gasteiger partial charge in [0.2, 0.25) is 0 Å². The minimum Gasteiger partial charge on any atom is -0.0876 e. The van der Waals surface area contributed by atoms with Crippen molar-refractivity contribution in [3.8, 4) is 0 Å². The van der Waals surface area contributed by atoms with Crippen molar-refractivity contribution in [2.24, 2.45) is 0 Å². The standard InChI is InChI=1S/C27H47Br/c1-4-5-6-7-8-9-10-11-12-13-14-15-16-17-18-19-20-26-21-22-27(23-28)25(3)24(26)2/h21-22H,4-20,23H2,1-3H3. The molecule has 0 atom stereocenters. The van der Waals surface area contributed by atoms with Crippen molar-refractivity contribution in [2.45, 2.75) is 135 Å². The fraction of sp³-hybridized carbons (Fsp3) is 0.778. The highest BCUT2D eigenvalue weighted by molar-refractivity contribution is 9.08. The molecule has 1 rings (SSSR count). The van der Waals surface area contributed by atoms with Crippen molar-refractivity contribution >= 4 is 15.9 Å². The molecule has 0 saturated carbocycles.